The number of hydrogen-bond donors (Lipinski definition) is 1. The minimum atomic E-state index is 0.409. The molecule has 1 atom stereocenters. The summed E-state index contributed by atoms with van der Waals surface area (Å²) in [5, 5.41) is 4.24. The minimum absolute atomic E-state index is 0.409. The maximum Gasteiger partial charge on any atom is 0.0438 e. The van der Waals surface area contributed by atoms with Gasteiger partial charge in [0, 0.05) is 11.1 Å². The topological polar surface area (TPSA) is 12.0 Å². The third-order valence-corrected chi connectivity index (χ3v) is 3.75. The van der Waals surface area contributed by atoms with Crippen molar-refractivity contribution in [1.29, 1.82) is 0 Å². The maximum absolute atomic E-state index is 6.18. The van der Waals surface area contributed by atoms with Gasteiger partial charge in [0.2, 0.25) is 0 Å². The number of allylic oxidation sites excluding steroid dienone is 1. The quantitative estimate of drug-likeness (QED) is 0.513. The van der Waals surface area contributed by atoms with E-state index in [0.717, 1.165) is 23.4 Å². The molecule has 1 nitrogen and oxygen atoms in total. The Morgan fingerprint density at radius 2 is 2.11 bits per heavy atom. The van der Waals surface area contributed by atoms with Crippen LogP contribution in [-0.4, -0.2) is 7.05 Å². The monoisotopic (exact) mass is 265 g/mol. The lowest BCUT2D eigenvalue weighted by atomic mass is 9.99. The zero-order valence-corrected chi connectivity index (χ0v) is 12.3. The van der Waals surface area contributed by atoms with E-state index in [2.05, 4.69) is 30.1 Å². The molecule has 0 radical (unpaired) electrons. The molecule has 0 fully saturated rings. The summed E-state index contributed by atoms with van der Waals surface area (Å²) >= 11 is 6.18. The fourth-order valence-corrected chi connectivity index (χ4v) is 2.31. The van der Waals surface area contributed by atoms with Crippen LogP contribution in [0.15, 0.2) is 30.9 Å². The first-order valence-corrected chi connectivity index (χ1v) is 7.11. The van der Waals surface area contributed by atoms with Gasteiger partial charge in [-0.1, -0.05) is 42.7 Å². The van der Waals surface area contributed by atoms with Gasteiger partial charge in [-0.15, -0.1) is 6.58 Å². The van der Waals surface area contributed by atoms with Crippen LogP contribution in [0.2, 0.25) is 5.02 Å². The Bertz CT molecular complexity index is 373. The van der Waals surface area contributed by atoms with E-state index in [0.29, 0.717) is 6.04 Å². The highest BCUT2D eigenvalue weighted by Gasteiger charge is 2.09. The van der Waals surface area contributed by atoms with E-state index in [9.17, 15) is 0 Å². The third kappa shape index (κ3) is 4.83. The number of aryl methyl sites for hydroxylation is 1. The van der Waals surface area contributed by atoms with Crippen molar-refractivity contribution in [3.8, 4) is 0 Å². The van der Waals surface area contributed by atoms with Gasteiger partial charge in [0.1, 0.15) is 0 Å². The van der Waals surface area contributed by atoms with E-state index < -0.39 is 0 Å². The van der Waals surface area contributed by atoms with E-state index in [4.69, 9.17) is 11.6 Å². The smallest absolute Gasteiger partial charge is 0.0438 e. The fraction of sp³-hybridized carbons (Fsp3) is 0.500. The van der Waals surface area contributed by atoms with Crippen molar-refractivity contribution >= 4 is 11.6 Å². The largest absolute Gasteiger partial charge is 0.313 e. The number of hydrogen-bond acceptors (Lipinski definition) is 1. The highest BCUT2D eigenvalue weighted by atomic mass is 35.5. The highest BCUT2D eigenvalue weighted by molar-refractivity contribution is 6.31. The molecule has 0 spiro atoms. The van der Waals surface area contributed by atoms with Crippen LogP contribution < -0.4 is 5.32 Å². The zero-order chi connectivity index (χ0) is 13.4. The molecule has 1 rings (SSSR count). The molecule has 0 bridgehead atoms. The number of benzene rings is 1. The predicted octanol–water partition coefficient (Wildman–Crippen LogP) is 5.05. The highest BCUT2D eigenvalue weighted by Crippen LogP contribution is 2.24. The van der Waals surface area contributed by atoms with Crippen LogP contribution in [0.1, 0.15) is 49.3 Å². The molecule has 0 saturated heterocycles. The summed E-state index contributed by atoms with van der Waals surface area (Å²) in [5.74, 6) is 0. The standard InChI is InChI=1S/C16H24ClN/c1-4-5-6-7-8-9-16(18-3)14-11-10-13(2)15(17)12-14/h4,10-12,16,18H,1,5-9H2,2-3H3. The van der Waals surface area contributed by atoms with E-state index in [-0.39, 0.29) is 0 Å². The average Bonchev–Trinajstić information content (AvgIpc) is 2.37. The normalized spacial score (nSPS) is 12.4. The van der Waals surface area contributed by atoms with Crippen LogP contribution in [0.25, 0.3) is 0 Å². The Hall–Kier alpha value is -0.790. The summed E-state index contributed by atoms with van der Waals surface area (Å²) in [6, 6.07) is 6.76. The van der Waals surface area contributed by atoms with Crippen molar-refractivity contribution in [3.05, 3.63) is 47.0 Å². The molecule has 2 heteroatoms. The van der Waals surface area contributed by atoms with E-state index in [1.165, 1.54) is 24.8 Å². The number of rotatable bonds is 8. The van der Waals surface area contributed by atoms with Gasteiger partial charge in [-0.25, -0.2) is 0 Å². The van der Waals surface area contributed by atoms with E-state index >= 15 is 0 Å². The first kappa shape index (κ1) is 15.3. The number of nitrogens with one attached hydrogen (secondary N) is 1. The maximum atomic E-state index is 6.18. The molecule has 1 aromatic carbocycles. The number of unbranched alkanes of at least 4 members (excludes halogenated alkanes) is 3. The Morgan fingerprint density at radius 3 is 2.72 bits per heavy atom. The van der Waals surface area contributed by atoms with Crippen LogP contribution in [-0.2, 0) is 0 Å². The molecule has 1 aromatic rings. The van der Waals surface area contributed by atoms with Gasteiger partial charge in [0.05, 0.1) is 0 Å². The lowest BCUT2D eigenvalue weighted by molar-refractivity contribution is 0.508. The molecule has 0 aromatic heterocycles. The van der Waals surface area contributed by atoms with Crippen LogP contribution in [0.4, 0.5) is 0 Å². The minimum Gasteiger partial charge on any atom is -0.313 e. The van der Waals surface area contributed by atoms with Gasteiger partial charge < -0.3 is 5.32 Å². The van der Waals surface area contributed by atoms with Gasteiger partial charge in [0.15, 0.2) is 0 Å². The molecular formula is C16H24ClN. The Kier molecular flexibility index (Phi) is 7.07. The van der Waals surface area contributed by atoms with E-state index in [1.54, 1.807) is 0 Å². The summed E-state index contributed by atoms with van der Waals surface area (Å²) in [6.07, 6.45) is 8.03. The van der Waals surface area contributed by atoms with Gasteiger partial charge in [-0.2, -0.15) is 0 Å². The van der Waals surface area contributed by atoms with E-state index in [1.807, 2.05) is 20.0 Å². The summed E-state index contributed by atoms with van der Waals surface area (Å²) in [7, 11) is 2.02. The first-order chi connectivity index (χ1) is 8.69. The molecule has 1 unspecified atom stereocenters. The van der Waals surface area contributed by atoms with Gasteiger partial charge >= 0.3 is 0 Å². The summed E-state index contributed by atoms with van der Waals surface area (Å²) in [6.45, 7) is 5.79. The molecule has 100 valence electrons. The predicted molar refractivity (Wildman–Crippen MR) is 81.3 cm³/mol. The van der Waals surface area contributed by atoms with Crippen molar-refractivity contribution in [1.82, 2.24) is 5.32 Å². The molecule has 0 heterocycles. The molecular weight excluding hydrogens is 242 g/mol. The van der Waals surface area contributed by atoms with Gasteiger partial charge in [-0.05, 0) is 50.4 Å². The summed E-state index contributed by atoms with van der Waals surface area (Å²) in [5.41, 5.74) is 2.43. The second-order valence-corrected chi connectivity index (χ2v) is 5.18. The molecule has 0 saturated carbocycles. The molecule has 1 N–H and O–H groups in total. The second-order valence-electron chi connectivity index (χ2n) is 4.78. The molecule has 0 amide bonds. The van der Waals surface area contributed by atoms with Crippen molar-refractivity contribution in [2.75, 3.05) is 7.05 Å². The second kappa shape index (κ2) is 8.34. The molecule has 0 aliphatic carbocycles. The summed E-state index contributed by atoms with van der Waals surface area (Å²) < 4.78 is 0. The zero-order valence-electron chi connectivity index (χ0n) is 11.5. The van der Waals surface area contributed by atoms with Crippen LogP contribution in [0.3, 0.4) is 0 Å². The molecule has 0 aliphatic rings. The first-order valence-electron chi connectivity index (χ1n) is 6.73. The van der Waals surface area contributed by atoms with Crippen molar-refractivity contribution < 1.29 is 0 Å². The molecule has 18 heavy (non-hydrogen) atoms. The Balaban J connectivity index is 2.49. The molecule has 0 aliphatic heterocycles. The van der Waals surface area contributed by atoms with Crippen molar-refractivity contribution in [2.24, 2.45) is 0 Å². The summed E-state index contributed by atoms with van der Waals surface area (Å²) in [4.78, 5) is 0. The van der Waals surface area contributed by atoms with Crippen LogP contribution in [0.5, 0.6) is 0 Å². The van der Waals surface area contributed by atoms with Crippen molar-refractivity contribution in [3.63, 3.8) is 0 Å². The fourth-order valence-electron chi connectivity index (χ4n) is 2.12. The third-order valence-electron chi connectivity index (χ3n) is 3.35. The lowest BCUT2D eigenvalue weighted by Gasteiger charge is -2.17. The van der Waals surface area contributed by atoms with Crippen LogP contribution >= 0.6 is 11.6 Å². The van der Waals surface area contributed by atoms with Crippen LogP contribution in [0, 0.1) is 6.92 Å². The Labute approximate surface area is 116 Å². The van der Waals surface area contributed by atoms with Gasteiger partial charge in [0.25, 0.3) is 0 Å². The number of halogens is 1. The SMILES string of the molecule is C=CCCCCCC(NC)c1ccc(C)c(Cl)c1. The average molecular weight is 266 g/mol. The Morgan fingerprint density at radius 1 is 1.33 bits per heavy atom. The van der Waals surface area contributed by atoms with Crippen molar-refractivity contribution in [2.45, 2.75) is 45.1 Å². The lowest BCUT2D eigenvalue weighted by Crippen LogP contribution is -2.16. The van der Waals surface area contributed by atoms with Gasteiger partial charge in [-0.3, -0.25) is 0 Å².